The van der Waals surface area contributed by atoms with Crippen LogP contribution in [0.5, 0.6) is 0 Å². The van der Waals surface area contributed by atoms with Crippen LogP contribution in [0.25, 0.3) is 0 Å². The van der Waals surface area contributed by atoms with Gasteiger partial charge < -0.3 is 4.74 Å². The van der Waals surface area contributed by atoms with Crippen LogP contribution in [0.15, 0.2) is 53.6 Å². The molecule has 0 unspecified atom stereocenters. The van der Waals surface area contributed by atoms with Crippen LogP contribution in [0.3, 0.4) is 0 Å². The van der Waals surface area contributed by atoms with Gasteiger partial charge in [-0.1, -0.05) is 48.0 Å². The molecule has 2 aromatic rings. The van der Waals surface area contributed by atoms with Gasteiger partial charge in [0.25, 0.3) is 5.91 Å². The number of carbonyl (C=O) groups excluding carboxylic acids is 1. The van der Waals surface area contributed by atoms with Crippen molar-refractivity contribution >= 4 is 11.6 Å². The number of nitrogens with zero attached hydrogens (tertiary/aromatic N) is 2. The first kappa shape index (κ1) is 16.9. The van der Waals surface area contributed by atoms with Gasteiger partial charge in [0.1, 0.15) is 11.9 Å². The van der Waals surface area contributed by atoms with Crippen LogP contribution < -0.4 is 0 Å². The Labute approximate surface area is 152 Å². The highest BCUT2D eigenvalue weighted by atomic mass is 19.1. The molecule has 0 radical (unpaired) electrons. The van der Waals surface area contributed by atoms with Crippen molar-refractivity contribution in [2.75, 3.05) is 6.61 Å². The van der Waals surface area contributed by atoms with Crippen molar-refractivity contribution in [3.63, 3.8) is 0 Å². The Hall–Kier alpha value is -2.53. The van der Waals surface area contributed by atoms with Crippen LogP contribution in [0, 0.1) is 12.7 Å². The maximum absolute atomic E-state index is 14.4. The third-order valence-corrected chi connectivity index (χ3v) is 4.99. The van der Waals surface area contributed by atoms with E-state index in [-0.39, 0.29) is 11.7 Å². The van der Waals surface area contributed by atoms with Crippen molar-refractivity contribution in [2.45, 2.75) is 38.3 Å². The zero-order valence-corrected chi connectivity index (χ0v) is 14.7. The lowest BCUT2D eigenvalue weighted by Gasteiger charge is -2.24. The second kappa shape index (κ2) is 7.00. The minimum absolute atomic E-state index is 0.183. The quantitative estimate of drug-likeness (QED) is 0.838. The molecule has 2 heterocycles. The van der Waals surface area contributed by atoms with E-state index in [1.54, 1.807) is 18.2 Å². The lowest BCUT2D eigenvalue weighted by atomic mass is 9.97. The van der Waals surface area contributed by atoms with Gasteiger partial charge in [0.05, 0.1) is 11.8 Å². The van der Waals surface area contributed by atoms with Gasteiger partial charge in [0.2, 0.25) is 0 Å². The summed E-state index contributed by atoms with van der Waals surface area (Å²) in [7, 11) is 0. The van der Waals surface area contributed by atoms with E-state index in [9.17, 15) is 9.18 Å². The summed E-state index contributed by atoms with van der Waals surface area (Å²) in [6.07, 6.45) is 1.56. The van der Waals surface area contributed by atoms with Crippen LogP contribution in [0.4, 0.5) is 4.39 Å². The van der Waals surface area contributed by atoms with E-state index in [0.29, 0.717) is 25.0 Å². The Morgan fingerprint density at radius 3 is 2.65 bits per heavy atom. The molecule has 4 nitrogen and oxygen atoms in total. The Kier molecular flexibility index (Phi) is 4.55. The fourth-order valence-corrected chi connectivity index (χ4v) is 3.54. The van der Waals surface area contributed by atoms with E-state index in [1.807, 2.05) is 31.2 Å². The highest BCUT2D eigenvalue weighted by molar-refractivity contribution is 6.03. The molecule has 26 heavy (non-hydrogen) atoms. The van der Waals surface area contributed by atoms with Crippen LogP contribution in [-0.4, -0.2) is 29.3 Å². The summed E-state index contributed by atoms with van der Waals surface area (Å²) in [6, 6.07) is 14.2. The molecule has 1 amide bonds. The maximum atomic E-state index is 14.4. The van der Waals surface area contributed by atoms with Crippen LogP contribution in [0.2, 0.25) is 0 Å². The number of hydrogen-bond acceptors (Lipinski definition) is 3. The monoisotopic (exact) mass is 352 g/mol. The number of rotatable bonds is 3. The van der Waals surface area contributed by atoms with Crippen molar-refractivity contribution in [1.82, 2.24) is 5.01 Å². The molecule has 2 atom stereocenters. The fourth-order valence-electron chi connectivity index (χ4n) is 3.54. The van der Waals surface area contributed by atoms with E-state index in [4.69, 9.17) is 4.74 Å². The van der Waals surface area contributed by atoms with Crippen molar-refractivity contribution in [3.8, 4) is 0 Å². The summed E-state index contributed by atoms with van der Waals surface area (Å²) in [5, 5.41) is 6.02. The van der Waals surface area contributed by atoms with Gasteiger partial charge in [-0.2, -0.15) is 5.10 Å². The number of hydrogen-bond donors (Lipinski definition) is 0. The van der Waals surface area contributed by atoms with E-state index in [1.165, 1.54) is 11.1 Å². The topological polar surface area (TPSA) is 41.9 Å². The molecule has 0 saturated carbocycles. The number of aryl methyl sites for hydroxylation is 1. The van der Waals surface area contributed by atoms with Crippen LogP contribution >= 0.6 is 0 Å². The zero-order chi connectivity index (χ0) is 18.1. The normalized spacial score (nSPS) is 22.5. The van der Waals surface area contributed by atoms with Crippen LogP contribution in [0.1, 0.15) is 42.0 Å². The first-order valence-corrected chi connectivity index (χ1v) is 8.97. The molecule has 0 aliphatic carbocycles. The molecule has 2 aromatic carbocycles. The molecule has 0 bridgehead atoms. The van der Waals surface area contributed by atoms with Gasteiger partial charge in [-0.25, -0.2) is 9.40 Å². The lowest BCUT2D eigenvalue weighted by molar-refractivity contribution is -0.142. The molecule has 4 rings (SSSR count). The Morgan fingerprint density at radius 2 is 1.96 bits per heavy atom. The van der Waals surface area contributed by atoms with Crippen molar-refractivity contribution in [1.29, 1.82) is 0 Å². The molecule has 0 N–H and O–H groups in total. The van der Waals surface area contributed by atoms with Gasteiger partial charge in [-0.3, -0.25) is 4.79 Å². The summed E-state index contributed by atoms with van der Waals surface area (Å²) in [4.78, 5) is 12.9. The summed E-state index contributed by atoms with van der Waals surface area (Å²) in [5.74, 6) is -0.499. The molecule has 1 saturated heterocycles. The van der Waals surface area contributed by atoms with Crippen molar-refractivity contribution in [3.05, 3.63) is 71.0 Å². The predicted molar refractivity (Wildman–Crippen MR) is 97.3 cm³/mol. The van der Waals surface area contributed by atoms with Gasteiger partial charge in [-0.05, 0) is 31.4 Å². The number of hydrazone groups is 1. The van der Waals surface area contributed by atoms with E-state index in [0.717, 1.165) is 23.3 Å². The van der Waals surface area contributed by atoms with Crippen molar-refractivity contribution in [2.24, 2.45) is 5.10 Å². The molecule has 0 spiro atoms. The molecule has 0 aromatic heterocycles. The van der Waals surface area contributed by atoms with Crippen molar-refractivity contribution < 1.29 is 13.9 Å². The molecule has 5 heteroatoms. The first-order valence-electron chi connectivity index (χ1n) is 8.97. The zero-order valence-electron chi connectivity index (χ0n) is 14.7. The number of benzene rings is 2. The molecule has 1 fully saturated rings. The van der Waals surface area contributed by atoms with Gasteiger partial charge in [0, 0.05) is 18.6 Å². The predicted octanol–water partition coefficient (Wildman–Crippen LogP) is 3.99. The third-order valence-electron chi connectivity index (χ3n) is 4.99. The minimum Gasteiger partial charge on any atom is -0.368 e. The number of amides is 1. The molecular formula is C21H21FN2O2. The molecule has 134 valence electrons. The standard InChI is InChI=1S/C21H21FN2O2/c1-14-8-10-15(11-9-14)18-13-19(16-5-2-3-6-17(16)22)24(23-18)21(25)20-7-4-12-26-20/h2-3,5-6,8-11,19-20H,4,7,12-13H2,1H3/t19-,20-/m1/s1. The van der Waals surface area contributed by atoms with E-state index < -0.39 is 12.1 Å². The Balaban J connectivity index is 1.69. The van der Waals surface area contributed by atoms with Gasteiger partial charge in [-0.15, -0.1) is 0 Å². The average molecular weight is 352 g/mol. The number of halogens is 1. The Morgan fingerprint density at radius 1 is 1.19 bits per heavy atom. The molecular weight excluding hydrogens is 331 g/mol. The second-order valence-electron chi connectivity index (χ2n) is 6.84. The fraction of sp³-hybridized carbons (Fsp3) is 0.333. The van der Waals surface area contributed by atoms with E-state index >= 15 is 0 Å². The average Bonchev–Trinajstić information content (AvgIpc) is 3.32. The summed E-state index contributed by atoms with van der Waals surface area (Å²) in [5.41, 5.74) is 3.40. The smallest absolute Gasteiger partial charge is 0.272 e. The highest BCUT2D eigenvalue weighted by Gasteiger charge is 2.38. The Bertz CT molecular complexity index is 841. The van der Waals surface area contributed by atoms with Crippen LogP contribution in [-0.2, 0) is 9.53 Å². The van der Waals surface area contributed by atoms with Gasteiger partial charge >= 0.3 is 0 Å². The maximum Gasteiger partial charge on any atom is 0.272 e. The first-order chi connectivity index (χ1) is 12.6. The lowest BCUT2D eigenvalue weighted by Crippen LogP contribution is -2.36. The molecule has 2 aliphatic rings. The van der Waals surface area contributed by atoms with E-state index in [2.05, 4.69) is 5.10 Å². The largest absolute Gasteiger partial charge is 0.368 e. The number of ether oxygens (including phenoxy) is 1. The SMILES string of the molecule is Cc1ccc(C2=NN(C(=O)[C@H]3CCCO3)[C@@H](c3ccccc3F)C2)cc1. The summed E-state index contributed by atoms with van der Waals surface area (Å²) >= 11 is 0. The number of carbonyl (C=O) groups is 1. The second-order valence-corrected chi connectivity index (χ2v) is 6.84. The summed E-state index contributed by atoms with van der Waals surface area (Å²) < 4.78 is 20.0. The summed E-state index contributed by atoms with van der Waals surface area (Å²) in [6.45, 7) is 2.61. The highest BCUT2D eigenvalue weighted by Crippen LogP contribution is 2.35. The molecule has 2 aliphatic heterocycles. The van der Waals surface area contributed by atoms with Gasteiger partial charge in [0.15, 0.2) is 0 Å². The minimum atomic E-state index is -0.481. The third kappa shape index (κ3) is 3.15.